The van der Waals surface area contributed by atoms with E-state index in [0.29, 0.717) is 25.1 Å². The highest BCUT2D eigenvalue weighted by Crippen LogP contribution is 2.67. The molecule has 1 aromatic heterocycles. The number of allylic oxidation sites excluding steroid dienone is 1. The molecule has 7 atom stereocenters. The minimum Gasteiger partial charge on any atom is -0.479 e. The normalized spacial score (nSPS) is 36.1. The van der Waals surface area contributed by atoms with Crippen LogP contribution in [0.5, 0.6) is 0 Å². The second-order valence-electron chi connectivity index (χ2n) is 12.8. The monoisotopic (exact) mass is 549 g/mol. The molecule has 0 saturated heterocycles. The van der Waals surface area contributed by atoms with E-state index in [9.17, 15) is 24.9 Å². The third kappa shape index (κ3) is 3.81. The molecule has 1 amide bonds. The van der Waals surface area contributed by atoms with Crippen molar-refractivity contribution in [2.45, 2.75) is 64.1 Å². The molecule has 1 heterocycles. The first-order valence-electron chi connectivity index (χ1n) is 14.3. The Morgan fingerprint density at radius 3 is 2.80 bits per heavy atom. The van der Waals surface area contributed by atoms with Crippen molar-refractivity contribution in [1.29, 1.82) is 0 Å². The summed E-state index contributed by atoms with van der Waals surface area (Å²) in [6, 6.07) is 7.42. The summed E-state index contributed by atoms with van der Waals surface area (Å²) in [6.07, 6.45) is 7.05. The molecule has 4 N–H and O–H groups in total. The van der Waals surface area contributed by atoms with E-state index < -0.39 is 23.1 Å². The van der Waals surface area contributed by atoms with Crippen molar-refractivity contribution in [3.05, 3.63) is 52.9 Å². The molecule has 2 aromatic rings. The number of carboxylic acids is 1. The Morgan fingerprint density at radius 2 is 2.05 bits per heavy atom. The van der Waals surface area contributed by atoms with Crippen molar-refractivity contribution in [2.75, 3.05) is 20.3 Å². The number of carboxylic acid groups (broad SMARTS) is 1. The summed E-state index contributed by atoms with van der Waals surface area (Å²) in [6.45, 7) is 5.00. The molecule has 0 bridgehead atoms. The van der Waals surface area contributed by atoms with Gasteiger partial charge in [0, 0.05) is 24.6 Å². The van der Waals surface area contributed by atoms with E-state index in [1.807, 2.05) is 36.0 Å². The van der Waals surface area contributed by atoms with Crippen LogP contribution in [0, 0.1) is 28.6 Å². The number of rotatable bonds is 6. The van der Waals surface area contributed by atoms with Crippen LogP contribution in [-0.4, -0.2) is 68.9 Å². The molecule has 1 aromatic carbocycles. The van der Waals surface area contributed by atoms with Gasteiger partial charge in [-0.05, 0) is 91.5 Å². The third-order valence-electron chi connectivity index (χ3n) is 10.9. The zero-order valence-corrected chi connectivity index (χ0v) is 23.4. The molecule has 4 aliphatic carbocycles. The molecule has 0 spiro atoms. The van der Waals surface area contributed by atoms with Crippen molar-refractivity contribution in [2.24, 2.45) is 28.6 Å². The fourth-order valence-corrected chi connectivity index (χ4v) is 8.89. The van der Waals surface area contributed by atoms with E-state index in [-0.39, 0.29) is 41.9 Å². The molecule has 3 fully saturated rings. The number of aromatic nitrogens is 2. The van der Waals surface area contributed by atoms with Crippen LogP contribution < -0.4 is 5.32 Å². The van der Waals surface area contributed by atoms with Crippen molar-refractivity contribution >= 4 is 18.0 Å². The fourth-order valence-electron chi connectivity index (χ4n) is 8.89. The predicted octanol–water partition coefficient (Wildman–Crippen LogP) is 3.22. The number of methoxy groups -OCH3 is 1. The fraction of sp³-hybridized carbons (Fsp3) is 0.581. The Kier molecular flexibility index (Phi) is 6.48. The smallest absolute Gasteiger partial charge is 0.336 e. The number of amides is 1. The summed E-state index contributed by atoms with van der Waals surface area (Å²) in [7, 11) is 1.60. The summed E-state index contributed by atoms with van der Waals surface area (Å²) in [5.74, 6) is -1.14. The first-order valence-corrected chi connectivity index (χ1v) is 14.3. The third-order valence-corrected chi connectivity index (χ3v) is 10.9. The van der Waals surface area contributed by atoms with Gasteiger partial charge in [0.05, 0.1) is 30.3 Å². The average Bonchev–Trinajstić information content (AvgIpc) is 3.44. The number of nitrogens with zero attached hydrogens (tertiary/aromatic N) is 2. The highest BCUT2D eigenvalue weighted by atomic mass is 16.5. The van der Waals surface area contributed by atoms with Gasteiger partial charge in [0.25, 0.3) is 5.91 Å². The molecule has 214 valence electrons. The minimum atomic E-state index is -1.79. The van der Waals surface area contributed by atoms with E-state index in [1.54, 1.807) is 13.2 Å². The Bertz CT molecular complexity index is 1380. The van der Waals surface area contributed by atoms with Gasteiger partial charge in [-0.1, -0.05) is 25.5 Å². The SMILES string of the molecule is COCCNC(=O)c1cccc(-n2ncc3c2C=C2CC[C@@H]4[C@H]([C@@H](O)C[C@@]5(C)[C@H]4CC[C@]5(O)C(=O)O)[C@@]2(C)C3)c1. The Morgan fingerprint density at radius 1 is 1.25 bits per heavy atom. The zero-order chi connectivity index (χ0) is 28.4. The molecular formula is C31H39N3O6. The number of ether oxygens (including phenoxy) is 1. The quantitative estimate of drug-likeness (QED) is 0.407. The lowest BCUT2D eigenvalue weighted by molar-refractivity contribution is -0.193. The number of hydrogen-bond acceptors (Lipinski definition) is 6. The second kappa shape index (κ2) is 9.53. The van der Waals surface area contributed by atoms with Gasteiger partial charge in [-0.15, -0.1) is 0 Å². The van der Waals surface area contributed by atoms with Crippen LogP contribution in [0.2, 0.25) is 0 Å². The largest absolute Gasteiger partial charge is 0.479 e. The van der Waals surface area contributed by atoms with Crippen LogP contribution in [0.3, 0.4) is 0 Å². The van der Waals surface area contributed by atoms with Crippen LogP contribution >= 0.6 is 0 Å². The summed E-state index contributed by atoms with van der Waals surface area (Å²) in [4.78, 5) is 24.8. The van der Waals surface area contributed by atoms with E-state index in [1.165, 1.54) is 5.57 Å². The molecule has 9 heteroatoms. The standard InChI is InChI=1S/C31H39N3O6/c1-29-15-19-17-33-34(21-6-4-5-18(13-21)27(36)32-11-12-40-3)24(19)14-20(29)7-8-22-23-9-10-31(39,28(37)38)30(23,2)16-25(35)26(22)29/h4-6,13-14,17,22-23,25-26,35,39H,7-12,15-16H2,1-3H3,(H,32,36)(H,37,38)/t22-,23-,25-,26+,29-,30-,31-/m0/s1. The number of carbonyl (C=O) groups is 2. The van der Waals surface area contributed by atoms with Crippen LogP contribution in [0.4, 0.5) is 0 Å². The maximum absolute atomic E-state index is 12.6. The van der Waals surface area contributed by atoms with Gasteiger partial charge >= 0.3 is 5.97 Å². The van der Waals surface area contributed by atoms with Gasteiger partial charge in [0.1, 0.15) is 0 Å². The van der Waals surface area contributed by atoms with E-state index in [4.69, 9.17) is 9.84 Å². The van der Waals surface area contributed by atoms with Crippen LogP contribution in [-0.2, 0) is 16.0 Å². The molecule has 0 radical (unpaired) electrons. The highest BCUT2D eigenvalue weighted by molar-refractivity contribution is 5.94. The Balaban J connectivity index is 1.30. The zero-order valence-electron chi connectivity index (χ0n) is 23.4. The number of aliphatic hydroxyl groups excluding tert-OH is 1. The van der Waals surface area contributed by atoms with E-state index in [0.717, 1.165) is 36.2 Å². The molecule has 0 unspecified atom stereocenters. The van der Waals surface area contributed by atoms with Crippen molar-refractivity contribution in [3.63, 3.8) is 0 Å². The summed E-state index contributed by atoms with van der Waals surface area (Å²) >= 11 is 0. The van der Waals surface area contributed by atoms with Crippen molar-refractivity contribution < 1.29 is 29.6 Å². The lowest BCUT2D eigenvalue weighted by Crippen LogP contribution is -2.61. The lowest BCUT2D eigenvalue weighted by Gasteiger charge is -2.60. The second-order valence-corrected chi connectivity index (χ2v) is 12.8. The van der Waals surface area contributed by atoms with E-state index in [2.05, 4.69) is 18.3 Å². The molecule has 9 nitrogen and oxygen atoms in total. The maximum atomic E-state index is 12.6. The summed E-state index contributed by atoms with van der Waals surface area (Å²) in [5, 5.41) is 40.3. The topological polar surface area (TPSA) is 134 Å². The van der Waals surface area contributed by atoms with Crippen molar-refractivity contribution in [3.8, 4) is 5.69 Å². The van der Waals surface area contributed by atoms with Crippen LogP contribution in [0.1, 0.15) is 67.6 Å². The van der Waals surface area contributed by atoms with Crippen LogP contribution in [0.15, 0.2) is 36.0 Å². The number of carbonyl (C=O) groups excluding carboxylic acids is 1. The Hall–Kier alpha value is -3.01. The first kappa shape index (κ1) is 27.2. The Labute approximate surface area is 234 Å². The van der Waals surface area contributed by atoms with Crippen molar-refractivity contribution in [1.82, 2.24) is 15.1 Å². The molecule has 0 aliphatic heterocycles. The molecule has 3 saturated carbocycles. The predicted molar refractivity (Wildman–Crippen MR) is 148 cm³/mol. The average molecular weight is 550 g/mol. The number of aliphatic hydroxyl groups is 2. The molecule has 6 rings (SSSR count). The number of aliphatic carboxylic acids is 1. The summed E-state index contributed by atoms with van der Waals surface area (Å²) in [5.41, 5.74) is 1.82. The van der Waals surface area contributed by atoms with Gasteiger partial charge < -0.3 is 25.4 Å². The van der Waals surface area contributed by atoms with Gasteiger partial charge in [0.15, 0.2) is 5.60 Å². The number of fused-ring (bicyclic) bond motifs is 6. The highest BCUT2D eigenvalue weighted by Gasteiger charge is 2.68. The van der Waals surface area contributed by atoms with Gasteiger partial charge in [-0.25, -0.2) is 9.48 Å². The number of nitrogens with one attached hydrogen (secondary N) is 1. The van der Waals surface area contributed by atoms with E-state index >= 15 is 0 Å². The first-order chi connectivity index (χ1) is 19.0. The number of benzene rings is 1. The van der Waals surface area contributed by atoms with Crippen LogP contribution in [0.25, 0.3) is 11.8 Å². The van der Waals surface area contributed by atoms with Gasteiger partial charge in [0.2, 0.25) is 0 Å². The van der Waals surface area contributed by atoms with Gasteiger partial charge in [-0.3, -0.25) is 4.79 Å². The molecule has 4 aliphatic rings. The lowest BCUT2D eigenvalue weighted by atomic mass is 9.45. The minimum absolute atomic E-state index is 0.0163. The molecular weight excluding hydrogens is 510 g/mol. The number of hydrogen-bond donors (Lipinski definition) is 4. The van der Waals surface area contributed by atoms with Gasteiger partial charge in [-0.2, -0.15) is 5.10 Å². The summed E-state index contributed by atoms with van der Waals surface area (Å²) < 4.78 is 6.91. The molecule has 40 heavy (non-hydrogen) atoms. The maximum Gasteiger partial charge on any atom is 0.336 e.